The molecular formula is C20H21F2N3O6S2. The number of nitrogens with zero attached hydrogens (tertiary/aromatic N) is 1. The zero-order valence-electron chi connectivity index (χ0n) is 18.0. The summed E-state index contributed by atoms with van der Waals surface area (Å²) in [7, 11) is -8.57. The first-order valence-electron chi connectivity index (χ1n) is 9.55. The van der Waals surface area contributed by atoms with E-state index in [-0.39, 0.29) is 11.5 Å². The molecular weight excluding hydrogens is 480 g/mol. The summed E-state index contributed by atoms with van der Waals surface area (Å²) in [6.07, 6.45) is 0.738. The first-order valence-corrected chi connectivity index (χ1v) is 12.9. The molecule has 0 spiro atoms. The highest BCUT2D eigenvalue weighted by atomic mass is 32.2. The van der Waals surface area contributed by atoms with Crippen molar-refractivity contribution < 1.29 is 30.0 Å². The Labute approximate surface area is 188 Å². The third-order valence-corrected chi connectivity index (χ3v) is 7.85. The molecule has 1 heterocycles. The maximum Gasteiger partial charge on any atom is 0.434 e. The fourth-order valence-electron chi connectivity index (χ4n) is 3.44. The van der Waals surface area contributed by atoms with Crippen molar-refractivity contribution in [2.45, 2.75) is 42.5 Å². The van der Waals surface area contributed by atoms with Gasteiger partial charge in [0.2, 0.25) is 15.9 Å². The zero-order valence-corrected chi connectivity index (χ0v) is 19.6. The number of H-pyrrole nitrogens is 1. The molecule has 0 aliphatic rings. The molecule has 0 aliphatic carbocycles. The Bertz CT molecular complexity index is 1480. The van der Waals surface area contributed by atoms with Gasteiger partial charge in [0.05, 0.1) is 4.90 Å². The van der Waals surface area contributed by atoms with Gasteiger partial charge in [-0.1, -0.05) is 13.0 Å². The van der Waals surface area contributed by atoms with E-state index in [1.54, 1.807) is 19.9 Å². The number of rotatable bonds is 7. The molecule has 33 heavy (non-hydrogen) atoms. The van der Waals surface area contributed by atoms with Gasteiger partial charge in [-0.3, -0.25) is 0 Å². The highest BCUT2D eigenvalue weighted by molar-refractivity contribution is 7.91. The smallest absolute Gasteiger partial charge is 0.391 e. The fourth-order valence-corrected chi connectivity index (χ4v) is 5.57. The van der Waals surface area contributed by atoms with Crippen LogP contribution in [0.3, 0.4) is 0 Å². The van der Waals surface area contributed by atoms with Crippen molar-refractivity contribution in [1.29, 1.82) is 0 Å². The van der Waals surface area contributed by atoms with Crippen molar-refractivity contribution in [2.75, 3.05) is 6.26 Å². The molecule has 2 N–H and O–H groups in total. The van der Waals surface area contributed by atoms with Gasteiger partial charge in [0.1, 0.15) is 22.6 Å². The molecule has 0 amide bonds. The SMILES string of the molecule is Cc1ccc(F)c(C(C)C(NS(=O)(=O)c2ccc(F)c(S(C)(=O)=O)c2)c2n[nH]c(=O)o2)c1C. The van der Waals surface area contributed by atoms with E-state index in [9.17, 15) is 30.4 Å². The lowest BCUT2D eigenvalue weighted by molar-refractivity contribution is 0.376. The van der Waals surface area contributed by atoms with Gasteiger partial charge in [-0.05, 0) is 54.8 Å². The number of nitrogens with one attached hydrogen (secondary N) is 2. The summed E-state index contributed by atoms with van der Waals surface area (Å²) >= 11 is 0. The predicted molar refractivity (Wildman–Crippen MR) is 114 cm³/mol. The number of aromatic nitrogens is 2. The van der Waals surface area contributed by atoms with E-state index in [0.717, 1.165) is 17.9 Å². The van der Waals surface area contributed by atoms with Crippen LogP contribution in [0, 0.1) is 25.5 Å². The van der Waals surface area contributed by atoms with E-state index >= 15 is 0 Å². The van der Waals surface area contributed by atoms with Crippen molar-refractivity contribution in [3.8, 4) is 0 Å². The maximum absolute atomic E-state index is 14.7. The Morgan fingerprint density at radius 1 is 1.06 bits per heavy atom. The van der Waals surface area contributed by atoms with Crippen molar-refractivity contribution >= 4 is 19.9 Å². The molecule has 3 aromatic rings. The number of aryl methyl sites for hydroxylation is 1. The standard InChI is InChI=1S/C20H21F2N3O6S2/c1-10-5-7-15(22)17(11(10)2)12(3)18(19-23-24-20(26)31-19)25-33(29,30)13-6-8-14(21)16(9-13)32(4,27)28/h5-9,12,18,25H,1-4H3,(H,24,26). The molecule has 13 heteroatoms. The topological polar surface area (TPSA) is 139 Å². The first kappa shape index (κ1) is 24.7. The molecule has 0 saturated heterocycles. The number of sulfonamides is 1. The Morgan fingerprint density at radius 2 is 1.70 bits per heavy atom. The molecule has 2 unspecified atom stereocenters. The monoisotopic (exact) mass is 501 g/mol. The second kappa shape index (κ2) is 8.80. The lowest BCUT2D eigenvalue weighted by Crippen LogP contribution is -2.33. The van der Waals surface area contributed by atoms with Gasteiger partial charge in [0.25, 0.3) is 0 Å². The minimum atomic E-state index is -4.51. The van der Waals surface area contributed by atoms with Crippen LogP contribution in [0.2, 0.25) is 0 Å². The highest BCUT2D eigenvalue weighted by Gasteiger charge is 2.34. The molecule has 0 fully saturated rings. The minimum Gasteiger partial charge on any atom is -0.391 e. The van der Waals surface area contributed by atoms with Crippen LogP contribution < -0.4 is 10.5 Å². The third kappa shape index (κ3) is 5.04. The number of sulfone groups is 1. The summed E-state index contributed by atoms with van der Waals surface area (Å²) in [5.74, 6) is -3.95. The lowest BCUT2D eigenvalue weighted by Gasteiger charge is -2.25. The van der Waals surface area contributed by atoms with Gasteiger partial charge in [-0.15, -0.1) is 5.10 Å². The zero-order chi connectivity index (χ0) is 24.7. The van der Waals surface area contributed by atoms with Gasteiger partial charge in [0, 0.05) is 12.2 Å². The van der Waals surface area contributed by atoms with Gasteiger partial charge < -0.3 is 4.42 Å². The average molecular weight is 502 g/mol. The third-order valence-electron chi connectivity index (χ3n) is 5.30. The molecule has 0 aliphatic heterocycles. The average Bonchev–Trinajstić information content (AvgIpc) is 3.14. The quantitative estimate of drug-likeness (QED) is 0.507. The largest absolute Gasteiger partial charge is 0.434 e. The van der Waals surface area contributed by atoms with Crippen molar-refractivity contribution in [1.82, 2.24) is 14.9 Å². The number of halogens is 2. The minimum absolute atomic E-state index is 0.171. The van der Waals surface area contributed by atoms with Crippen LogP contribution >= 0.6 is 0 Å². The number of hydrogen-bond donors (Lipinski definition) is 2. The van der Waals surface area contributed by atoms with Crippen molar-refractivity contribution in [3.63, 3.8) is 0 Å². The van der Waals surface area contributed by atoms with Crippen LogP contribution in [0.25, 0.3) is 0 Å². The van der Waals surface area contributed by atoms with Gasteiger partial charge in [0.15, 0.2) is 9.84 Å². The summed E-state index contributed by atoms with van der Waals surface area (Å²) in [5.41, 5.74) is 1.48. The van der Waals surface area contributed by atoms with Crippen LogP contribution in [0.15, 0.2) is 49.3 Å². The molecule has 0 bridgehead atoms. The predicted octanol–water partition coefficient (Wildman–Crippen LogP) is 2.48. The van der Waals surface area contributed by atoms with E-state index in [1.807, 2.05) is 5.10 Å². The molecule has 2 atom stereocenters. The fraction of sp³-hybridized carbons (Fsp3) is 0.300. The van der Waals surface area contributed by atoms with Crippen LogP contribution in [-0.2, 0) is 19.9 Å². The van der Waals surface area contributed by atoms with E-state index in [2.05, 4.69) is 9.82 Å². The lowest BCUT2D eigenvalue weighted by atomic mass is 9.88. The Kier molecular flexibility index (Phi) is 6.60. The Balaban J connectivity index is 2.13. The Hall–Kier alpha value is -2.90. The van der Waals surface area contributed by atoms with Crippen molar-refractivity contribution in [2.24, 2.45) is 0 Å². The van der Waals surface area contributed by atoms with Crippen LogP contribution in [0.5, 0.6) is 0 Å². The number of aromatic amines is 1. The Morgan fingerprint density at radius 3 is 2.27 bits per heavy atom. The molecule has 9 nitrogen and oxygen atoms in total. The maximum atomic E-state index is 14.7. The summed E-state index contributed by atoms with van der Waals surface area (Å²) in [6.45, 7) is 4.93. The second-order valence-corrected chi connectivity index (χ2v) is 11.3. The van der Waals surface area contributed by atoms with E-state index in [4.69, 9.17) is 4.42 Å². The first-order chi connectivity index (χ1) is 15.2. The van der Waals surface area contributed by atoms with Crippen molar-refractivity contribution in [3.05, 3.63) is 75.1 Å². The van der Waals surface area contributed by atoms with Crippen LogP contribution in [0.1, 0.15) is 41.5 Å². The molecule has 2 aromatic carbocycles. The molecule has 1 aromatic heterocycles. The molecule has 0 radical (unpaired) electrons. The van der Waals surface area contributed by atoms with Crippen LogP contribution in [-0.4, -0.2) is 33.3 Å². The normalized spacial score (nSPS) is 14.2. The summed E-state index contributed by atoms with van der Waals surface area (Å²) in [4.78, 5) is 10.2. The summed E-state index contributed by atoms with van der Waals surface area (Å²) in [6, 6.07) is 3.71. The molecule has 0 saturated carbocycles. The van der Waals surface area contributed by atoms with Gasteiger partial charge in [-0.2, -0.15) is 4.72 Å². The van der Waals surface area contributed by atoms with E-state index < -0.39 is 59.0 Å². The number of hydrogen-bond acceptors (Lipinski definition) is 7. The highest BCUT2D eigenvalue weighted by Crippen LogP contribution is 2.35. The van der Waals surface area contributed by atoms with E-state index in [1.165, 1.54) is 13.0 Å². The van der Waals surface area contributed by atoms with Gasteiger partial charge in [-0.25, -0.2) is 35.5 Å². The summed E-state index contributed by atoms with van der Waals surface area (Å²) < 4.78 is 85.8. The van der Waals surface area contributed by atoms with Gasteiger partial charge >= 0.3 is 5.76 Å². The second-order valence-electron chi connectivity index (χ2n) is 7.61. The molecule has 178 valence electrons. The molecule has 3 rings (SSSR count). The summed E-state index contributed by atoms with van der Waals surface area (Å²) in [5, 5.41) is 5.71. The van der Waals surface area contributed by atoms with Crippen LogP contribution in [0.4, 0.5) is 8.78 Å². The number of benzene rings is 2. The van der Waals surface area contributed by atoms with E-state index in [0.29, 0.717) is 17.7 Å².